The smallest absolute Gasteiger partial charge is 0.241 e. The van der Waals surface area contributed by atoms with Crippen molar-refractivity contribution >= 4 is 11.6 Å². The summed E-state index contributed by atoms with van der Waals surface area (Å²) in [6.45, 7) is 0.282. The first-order valence-corrected chi connectivity index (χ1v) is 6.62. The summed E-state index contributed by atoms with van der Waals surface area (Å²) in [7, 11) is 0. The van der Waals surface area contributed by atoms with Crippen LogP contribution in [0.5, 0.6) is 0 Å². The van der Waals surface area contributed by atoms with Gasteiger partial charge in [-0.2, -0.15) is 0 Å². The van der Waals surface area contributed by atoms with E-state index in [1.807, 2.05) is 59.1 Å². The number of pyridine rings is 1. The van der Waals surface area contributed by atoms with Crippen molar-refractivity contribution in [3.63, 3.8) is 0 Å². The highest BCUT2D eigenvalue weighted by atomic mass is 16.2. The summed E-state index contributed by atoms with van der Waals surface area (Å²) in [6, 6.07) is 14.2. The quantitative estimate of drug-likeness (QED) is 0.748. The molecular weight excluding hydrogens is 266 g/mol. The molecule has 106 valence electrons. The van der Waals surface area contributed by atoms with Gasteiger partial charge in [0.2, 0.25) is 5.91 Å². The molecule has 2 heterocycles. The molecule has 3 rings (SSSR count). The van der Waals surface area contributed by atoms with E-state index in [9.17, 15) is 4.79 Å². The molecule has 0 fully saturated rings. The average Bonchev–Trinajstić information content (AvgIpc) is 2.96. The largest absolute Gasteiger partial charge is 0.347 e. The summed E-state index contributed by atoms with van der Waals surface area (Å²) in [5.74, 6) is 0.424. The lowest BCUT2D eigenvalue weighted by Gasteiger charge is -2.11. The van der Waals surface area contributed by atoms with E-state index in [1.54, 1.807) is 0 Å². The number of amides is 1. The van der Waals surface area contributed by atoms with Gasteiger partial charge in [0.15, 0.2) is 11.5 Å². The van der Waals surface area contributed by atoms with Crippen LogP contribution in [0, 0.1) is 0 Å². The number of rotatable bonds is 4. The zero-order valence-electron chi connectivity index (χ0n) is 11.3. The fourth-order valence-corrected chi connectivity index (χ4v) is 2.10. The molecule has 1 aromatic carbocycles. The van der Waals surface area contributed by atoms with Gasteiger partial charge in [0.25, 0.3) is 0 Å². The Labute approximate surface area is 121 Å². The minimum Gasteiger partial charge on any atom is -0.347 e. The first-order chi connectivity index (χ1) is 10.3. The van der Waals surface area contributed by atoms with Crippen LogP contribution in [0.1, 0.15) is 17.4 Å². The highest BCUT2D eigenvalue weighted by Crippen LogP contribution is 2.09. The highest BCUT2D eigenvalue weighted by molar-refractivity contribution is 5.82. The van der Waals surface area contributed by atoms with Crippen LogP contribution in [0.4, 0.5) is 0 Å². The van der Waals surface area contributed by atoms with E-state index in [1.165, 1.54) is 0 Å². The summed E-state index contributed by atoms with van der Waals surface area (Å²) in [5.41, 5.74) is 7.46. The number of fused-ring (bicyclic) bond motifs is 1. The van der Waals surface area contributed by atoms with Crippen molar-refractivity contribution < 1.29 is 4.79 Å². The number of hydrogen-bond donors (Lipinski definition) is 2. The molecule has 0 aliphatic rings. The molecule has 0 bridgehead atoms. The summed E-state index contributed by atoms with van der Waals surface area (Å²) in [4.78, 5) is 12.1. The molecule has 2 aromatic heterocycles. The van der Waals surface area contributed by atoms with Crippen molar-refractivity contribution in [3.8, 4) is 0 Å². The summed E-state index contributed by atoms with van der Waals surface area (Å²) in [5, 5.41) is 10.9. The summed E-state index contributed by atoms with van der Waals surface area (Å²) >= 11 is 0. The van der Waals surface area contributed by atoms with Gasteiger partial charge in [-0.15, -0.1) is 10.2 Å². The van der Waals surface area contributed by atoms with Crippen molar-refractivity contribution in [1.29, 1.82) is 0 Å². The molecule has 3 aromatic rings. The Morgan fingerprint density at radius 3 is 2.71 bits per heavy atom. The van der Waals surface area contributed by atoms with Crippen LogP contribution in [0.3, 0.4) is 0 Å². The van der Waals surface area contributed by atoms with E-state index in [0.717, 1.165) is 11.2 Å². The van der Waals surface area contributed by atoms with Crippen LogP contribution in [0.15, 0.2) is 54.7 Å². The van der Waals surface area contributed by atoms with Gasteiger partial charge in [0, 0.05) is 6.20 Å². The van der Waals surface area contributed by atoms with E-state index in [2.05, 4.69) is 15.5 Å². The van der Waals surface area contributed by atoms with Crippen LogP contribution < -0.4 is 11.1 Å². The van der Waals surface area contributed by atoms with Crippen molar-refractivity contribution in [1.82, 2.24) is 19.9 Å². The fraction of sp³-hybridized carbons (Fsp3) is 0.133. The lowest BCUT2D eigenvalue weighted by atomic mass is 10.1. The standard InChI is InChI=1S/C15H15N5O/c16-14(11-6-2-1-3-7-11)15(21)17-10-13-19-18-12-8-4-5-9-20(12)13/h1-9,14H,10,16H2,(H,17,21)/t14-/m0/s1. The molecule has 0 saturated carbocycles. The van der Waals surface area contributed by atoms with E-state index in [-0.39, 0.29) is 12.5 Å². The number of nitrogens with one attached hydrogen (secondary N) is 1. The van der Waals surface area contributed by atoms with Crippen LogP contribution in [0.2, 0.25) is 0 Å². The molecular formula is C15H15N5O. The number of aromatic nitrogens is 3. The maximum atomic E-state index is 12.1. The number of nitrogens with two attached hydrogens (primary N) is 1. The molecule has 6 heteroatoms. The molecule has 3 N–H and O–H groups in total. The molecule has 0 saturated heterocycles. The summed E-state index contributed by atoms with van der Waals surface area (Å²) < 4.78 is 1.83. The highest BCUT2D eigenvalue weighted by Gasteiger charge is 2.15. The van der Waals surface area contributed by atoms with Gasteiger partial charge < -0.3 is 11.1 Å². The minimum absolute atomic E-state index is 0.242. The second-order valence-electron chi connectivity index (χ2n) is 4.65. The number of benzene rings is 1. The van der Waals surface area contributed by atoms with Gasteiger partial charge in [-0.05, 0) is 17.7 Å². The number of nitrogens with zero attached hydrogens (tertiary/aromatic N) is 3. The Balaban J connectivity index is 1.69. The first kappa shape index (κ1) is 13.3. The normalized spacial score (nSPS) is 12.2. The van der Waals surface area contributed by atoms with E-state index in [0.29, 0.717) is 5.82 Å². The van der Waals surface area contributed by atoms with Crippen molar-refractivity contribution in [2.24, 2.45) is 5.73 Å². The Bertz CT molecular complexity index is 753. The van der Waals surface area contributed by atoms with Crippen molar-refractivity contribution in [2.45, 2.75) is 12.6 Å². The SMILES string of the molecule is N[C@H](C(=O)NCc1nnc2ccccn12)c1ccccc1. The van der Waals surface area contributed by atoms with Gasteiger partial charge in [0.1, 0.15) is 6.04 Å². The van der Waals surface area contributed by atoms with Gasteiger partial charge in [-0.25, -0.2) is 0 Å². The zero-order chi connectivity index (χ0) is 14.7. The second kappa shape index (κ2) is 5.72. The van der Waals surface area contributed by atoms with E-state index in [4.69, 9.17) is 5.73 Å². The third-order valence-electron chi connectivity index (χ3n) is 3.25. The monoisotopic (exact) mass is 281 g/mol. The predicted octanol–water partition coefficient (Wildman–Crippen LogP) is 1.05. The molecule has 21 heavy (non-hydrogen) atoms. The van der Waals surface area contributed by atoms with Gasteiger partial charge in [0.05, 0.1) is 6.54 Å². The predicted molar refractivity (Wildman–Crippen MR) is 78.2 cm³/mol. The van der Waals surface area contributed by atoms with Gasteiger partial charge in [-0.3, -0.25) is 9.20 Å². The van der Waals surface area contributed by atoms with Crippen LogP contribution in [-0.4, -0.2) is 20.5 Å². The fourth-order valence-electron chi connectivity index (χ4n) is 2.10. The molecule has 0 unspecified atom stereocenters. The number of carbonyl (C=O) groups is 1. The maximum absolute atomic E-state index is 12.1. The molecule has 1 amide bonds. The van der Waals surface area contributed by atoms with E-state index >= 15 is 0 Å². The first-order valence-electron chi connectivity index (χ1n) is 6.62. The second-order valence-corrected chi connectivity index (χ2v) is 4.65. The van der Waals surface area contributed by atoms with Gasteiger partial charge >= 0.3 is 0 Å². The molecule has 0 aliphatic carbocycles. The molecule has 1 atom stereocenters. The lowest BCUT2D eigenvalue weighted by molar-refractivity contribution is -0.122. The number of hydrogen-bond acceptors (Lipinski definition) is 4. The van der Waals surface area contributed by atoms with Crippen LogP contribution >= 0.6 is 0 Å². The van der Waals surface area contributed by atoms with Crippen LogP contribution in [-0.2, 0) is 11.3 Å². The van der Waals surface area contributed by atoms with E-state index < -0.39 is 6.04 Å². The topological polar surface area (TPSA) is 85.3 Å². The Hall–Kier alpha value is -2.73. The maximum Gasteiger partial charge on any atom is 0.241 e. The molecule has 0 spiro atoms. The Kier molecular flexibility index (Phi) is 3.61. The lowest BCUT2D eigenvalue weighted by Crippen LogP contribution is -2.34. The third kappa shape index (κ3) is 2.75. The summed E-state index contributed by atoms with van der Waals surface area (Å²) in [6.07, 6.45) is 1.86. The third-order valence-corrected chi connectivity index (χ3v) is 3.25. The average molecular weight is 281 g/mol. The van der Waals surface area contributed by atoms with Crippen LogP contribution in [0.25, 0.3) is 5.65 Å². The molecule has 0 radical (unpaired) electrons. The zero-order valence-corrected chi connectivity index (χ0v) is 11.3. The molecule has 0 aliphatic heterocycles. The Morgan fingerprint density at radius 2 is 1.90 bits per heavy atom. The van der Waals surface area contributed by atoms with Crippen molar-refractivity contribution in [2.75, 3.05) is 0 Å². The minimum atomic E-state index is -0.689. The molecule has 6 nitrogen and oxygen atoms in total. The van der Waals surface area contributed by atoms with Crippen molar-refractivity contribution in [3.05, 3.63) is 66.1 Å². The number of carbonyl (C=O) groups excluding carboxylic acids is 1. The Morgan fingerprint density at radius 1 is 1.14 bits per heavy atom. The van der Waals surface area contributed by atoms with Gasteiger partial charge in [-0.1, -0.05) is 36.4 Å².